The number of hydrogen-bond donors (Lipinski definition) is 2. The van der Waals surface area contributed by atoms with Crippen LogP contribution >= 0.6 is 27.3 Å². The Morgan fingerprint density at radius 1 is 1.32 bits per heavy atom. The number of thiazole rings is 1. The molecular formula is C12H10BrN3O2S. The molecule has 0 bridgehead atoms. The number of carbonyl (C=O) groups is 2. The SMILES string of the molecule is CC(=O)c1cccc(NC(=O)Nc2ncc(Br)s2)c1. The van der Waals surface area contributed by atoms with Gasteiger partial charge in [0, 0.05) is 11.3 Å². The molecule has 2 aromatic rings. The van der Waals surface area contributed by atoms with Crippen molar-refractivity contribution in [2.75, 3.05) is 10.6 Å². The van der Waals surface area contributed by atoms with Crippen molar-refractivity contribution in [3.8, 4) is 0 Å². The minimum Gasteiger partial charge on any atom is -0.308 e. The van der Waals surface area contributed by atoms with Gasteiger partial charge < -0.3 is 5.32 Å². The fourth-order valence-corrected chi connectivity index (χ4v) is 2.49. The number of rotatable bonds is 3. The third-order valence-electron chi connectivity index (χ3n) is 2.22. The number of aromatic nitrogens is 1. The van der Waals surface area contributed by atoms with Crippen LogP contribution in [0.1, 0.15) is 17.3 Å². The minimum absolute atomic E-state index is 0.0482. The minimum atomic E-state index is -0.400. The lowest BCUT2D eigenvalue weighted by molar-refractivity contribution is 0.101. The van der Waals surface area contributed by atoms with Crippen LogP contribution in [0.4, 0.5) is 15.6 Å². The molecule has 1 aromatic carbocycles. The van der Waals surface area contributed by atoms with Crippen LogP contribution in [0.5, 0.6) is 0 Å². The van der Waals surface area contributed by atoms with Crippen LogP contribution in [0.3, 0.4) is 0 Å². The van der Waals surface area contributed by atoms with Gasteiger partial charge in [0.25, 0.3) is 0 Å². The van der Waals surface area contributed by atoms with Gasteiger partial charge in [-0.25, -0.2) is 9.78 Å². The number of anilines is 2. The van der Waals surface area contributed by atoms with Crippen LogP contribution < -0.4 is 10.6 Å². The molecule has 0 unspecified atom stereocenters. The molecule has 19 heavy (non-hydrogen) atoms. The van der Waals surface area contributed by atoms with Gasteiger partial charge in [-0.1, -0.05) is 23.5 Å². The second kappa shape index (κ2) is 5.94. The summed E-state index contributed by atoms with van der Waals surface area (Å²) in [6.07, 6.45) is 1.61. The van der Waals surface area contributed by atoms with Gasteiger partial charge in [0.05, 0.1) is 9.98 Å². The van der Waals surface area contributed by atoms with E-state index in [1.54, 1.807) is 30.5 Å². The lowest BCUT2D eigenvalue weighted by Gasteiger charge is -2.06. The molecule has 2 amide bonds. The maximum atomic E-state index is 11.7. The van der Waals surface area contributed by atoms with Crippen LogP contribution in [0, 0.1) is 0 Å². The third-order valence-corrected chi connectivity index (χ3v) is 3.62. The Balaban J connectivity index is 2.02. The van der Waals surface area contributed by atoms with E-state index in [1.165, 1.54) is 18.3 Å². The Kier molecular flexibility index (Phi) is 4.28. The Bertz CT molecular complexity index is 627. The zero-order chi connectivity index (χ0) is 13.8. The van der Waals surface area contributed by atoms with Gasteiger partial charge in [0.15, 0.2) is 10.9 Å². The van der Waals surface area contributed by atoms with Crippen LogP contribution in [0.2, 0.25) is 0 Å². The zero-order valence-electron chi connectivity index (χ0n) is 9.94. The van der Waals surface area contributed by atoms with E-state index >= 15 is 0 Å². The summed E-state index contributed by atoms with van der Waals surface area (Å²) in [7, 11) is 0. The van der Waals surface area contributed by atoms with E-state index in [9.17, 15) is 9.59 Å². The first kappa shape index (κ1) is 13.7. The van der Waals surface area contributed by atoms with Crippen LogP contribution in [-0.2, 0) is 0 Å². The summed E-state index contributed by atoms with van der Waals surface area (Å²) in [5, 5.41) is 5.74. The zero-order valence-corrected chi connectivity index (χ0v) is 12.3. The molecule has 1 heterocycles. The molecular weight excluding hydrogens is 330 g/mol. The van der Waals surface area contributed by atoms with Crippen molar-refractivity contribution in [1.82, 2.24) is 4.98 Å². The largest absolute Gasteiger partial charge is 0.325 e. The number of hydrogen-bond acceptors (Lipinski definition) is 4. The summed E-state index contributed by atoms with van der Waals surface area (Å²) in [4.78, 5) is 26.9. The molecule has 1 aromatic heterocycles. The molecule has 7 heteroatoms. The number of ketones is 1. The number of nitrogens with zero attached hydrogens (tertiary/aromatic N) is 1. The van der Waals surface area contributed by atoms with E-state index in [1.807, 2.05) is 0 Å². The van der Waals surface area contributed by atoms with Crippen molar-refractivity contribution >= 4 is 49.9 Å². The summed E-state index contributed by atoms with van der Waals surface area (Å²) in [5.74, 6) is -0.0482. The first-order chi connectivity index (χ1) is 9.04. The molecule has 5 nitrogen and oxygen atoms in total. The van der Waals surface area contributed by atoms with Gasteiger partial charge in [-0.3, -0.25) is 10.1 Å². The van der Waals surface area contributed by atoms with E-state index in [0.717, 1.165) is 3.79 Å². The number of benzene rings is 1. The molecule has 0 saturated carbocycles. The molecule has 2 rings (SSSR count). The highest BCUT2D eigenvalue weighted by molar-refractivity contribution is 9.11. The summed E-state index contributed by atoms with van der Waals surface area (Å²) in [6.45, 7) is 1.48. The highest BCUT2D eigenvalue weighted by Crippen LogP contribution is 2.23. The second-order valence-electron chi connectivity index (χ2n) is 3.69. The summed E-state index contributed by atoms with van der Waals surface area (Å²) >= 11 is 4.58. The molecule has 0 spiro atoms. The first-order valence-corrected chi connectivity index (χ1v) is 6.96. The highest BCUT2D eigenvalue weighted by Gasteiger charge is 2.07. The molecule has 98 valence electrons. The normalized spacial score (nSPS) is 10.0. The summed E-state index contributed by atoms with van der Waals surface area (Å²) < 4.78 is 0.835. The predicted molar refractivity (Wildman–Crippen MR) is 78.9 cm³/mol. The van der Waals surface area contributed by atoms with Crippen molar-refractivity contribution < 1.29 is 9.59 Å². The average molecular weight is 340 g/mol. The topological polar surface area (TPSA) is 71.1 Å². The van der Waals surface area contributed by atoms with Gasteiger partial charge in [-0.05, 0) is 35.0 Å². The van der Waals surface area contributed by atoms with Crippen LogP contribution in [0.15, 0.2) is 34.2 Å². The van der Waals surface area contributed by atoms with Gasteiger partial charge in [0.1, 0.15) is 0 Å². The number of amides is 2. The fourth-order valence-electron chi connectivity index (χ4n) is 1.39. The molecule has 0 fully saturated rings. The van der Waals surface area contributed by atoms with Crippen LogP contribution in [0.25, 0.3) is 0 Å². The monoisotopic (exact) mass is 339 g/mol. The first-order valence-electron chi connectivity index (χ1n) is 5.35. The van der Waals surface area contributed by atoms with Crippen molar-refractivity contribution in [3.63, 3.8) is 0 Å². The second-order valence-corrected chi connectivity index (χ2v) is 6.10. The number of urea groups is 1. The summed E-state index contributed by atoms with van der Waals surface area (Å²) in [5.41, 5.74) is 1.11. The van der Waals surface area contributed by atoms with Crippen molar-refractivity contribution in [1.29, 1.82) is 0 Å². The average Bonchev–Trinajstić information content (AvgIpc) is 2.74. The predicted octanol–water partition coefficient (Wildman–Crippen LogP) is 3.75. The molecule has 0 aliphatic heterocycles. The quantitative estimate of drug-likeness (QED) is 0.836. The van der Waals surface area contributed by atoms with Gasteiger partial charge in [0.2, 0.25) is 0 Å². The molecule has 0 saturated heterocycles. The Hall–Kier alpha value is -1.73. The lowest BCUT2D eigenvalue weighted by Crippen LogP contribution is -2.19. The molecule has 2 N–H and O–H groups in total. The Morgan fingerprint density at radius 3 is 2.74 bits per heavy atom. The van der Waals surface area contributed by atoms with Crippen LogP contribution in [-0.4, -0.2) is 16.8 Å². The third kappa shape index (κ3) is 3.87. The van der Waals surface area contributed by atoms with Gasteiger partial charge in [-0.2, -0.15) is 0 Å². The number of nitrogens with one attached hydrogen (secondary N) is 2. The van der Waals surface area contributed by atoms with E-state index in [2.05, 4.69) is 31.5 Å². The van der Waals surface area contributed by atoms with E-state index in [-0.39, 0.29) is 5.78 Å². The maximum Gasteiger partial charge on any atom is 0.325 e. The Morgan fingerprint density at radius 2 is 2.11 bits per heavy atom. The molecule has 0 atom stereocenters. The van der Waals surface area contributed by atoms with Crippen molar-refractivity contribution in [2.45, 2.75) is 6.92 Å². The maximum absolute atomic E-state index is 11.7. The van der Waals surface area contributed by atoms with E-state index < -0.39 is 6.03 Å². The molecule has 0 radical (unpaired) electrons. The van der Waals surface area contributed by atoms with Gasteiger partial charge in [-0.15, -0.1) is 0 Å². The van der Waals surface area contributed by atoms with E-state index in [0.29, 0.717) is 16.4 Å². The smallest absolute Gasteiger partial charge is 0.308 e. The van der Waals surface area contributed by atoms with E-state index in [4.69, 9.17) is 0 Å². The van der Waals surface area contributed by atoms with Crippen molar-refractivity contribution in [3.05, 3.63) is 39.8 Å². The summed E-state index contributed by atoms with van der Waals surface area (Å²) in [6, 6.07) is 6.35. The number of carbonyl (C=O) groups excluding carboxylic acids is 2. The van der Waals surface area contributed by atoms with Crippen molar-refractivity contribution in [2.24, 2.45) is 0 Å². The highest BCUT2D eigenvalue weighted by atomic mass is 79.9. The standard InChI is InChI=1S/C12H10BrN3O2S/c1-7(17)8-3-2-4-9(5-8)15-11(18)16-12-14-6-10(13)19-12/h2-6H,1H3,(H2,14,15,16,18). The lowest BCUT2D eigenvalue weighted by atomic mass is 10.1. The molecule has 0 aliphatic carbocycles. The number of halogens is 1. The Labute approximate surface area is 122 Å². The fraction of sp³-hybridized carbons (Fsp3) is 0.0833. The van der Waals surface area contributed by atoms with Gasteiger partial charge >= 0.3 is 6.03 Å². The number of Topliss-reactive ketones (excluding diaryl/α,β-unsaturated/α-hetero) is 1. The molecule has 0 aliphatic rings.